The fraction of sp³-hybridized carbons (Fsp3) is 0.600. The van der Waals surface area contributed by atoms with Crippen molar-refractivity contribution >= 4 is 0 Å². The van der Waals surface area contributed by atoms with Crippen molar-refractivity contribution in [1.82, 2.24) is 0 Å². The number of rotatable bonds is 5. The Kier molecular flexibility index (Phi) is 5.02. The third-order valence-corrected chi connectivity index (χ3v) is 3.35. The highest BCUT2D eigenvalue weighted by molar-refractivity contribution is 5.13. The first-order valence-corrected chi connectivity index (χ1v) is 6.65. The van der Waals surface area contributed by atoms with E-state index < -0.39 is 0 Å². The molecule has 1 aromatic rings. The Morgan fingerprint density at radius 2 is 1.53 bits per heavy atom. The highest BCUT2D eigenvalue weighted by Crippen LogP contribution is 2.24. The summed E-state index contributed by atoms with van der Waals surface area (Å²) in [6.07, 6.45) is 5.46. The molecule has 0 N–H and O–H groups in total. The van der Waals surface area contributed by atoms with Gasteiger partial charge in [0.25, 0.3) is 0 Å². The van der Waals surface area contributed by atoms with Gasteiger partial charge in [0.15, 0.2) is 0 Å². The van der Waals surface area contributed by atoms with Crippen molar-refractivity contribution in [3.63, 3.8) is 0 Å². The smallest absolute Gasteiger partial charge is 0.0720 e. The van der Waals surface area contributed by atoms with Gasteiger partial charge in [-0.1, -0.05) is 30.3 Å². The monoisotopic (exact) mass is 234 g/mol. The van der Waals surface area contributed by atoms with Crippen molar-refractivity contribution in [1.29, 1.82) is 0 Å². The molecule has 0 radical (unpaired) electrons. The molecule has 2 rings (SSSR count). The first-order valence-electron chi connectivity index (χ1n) is 6.65. The van der Waals surface area contributed by atoms with E-state index in [-0.39, 0.29) is 0 Å². The molecule has 0 heterocycles. The summed E-state index contributed by atoms with van der Waals surface area (Å²) in [6.45, 7) is 3.64. The fourth-order valence-corrected chi connectivity index (χ4v) is 2.39. The third kappa shape index (κ3) is 4.14. The maximum atomic E-state index is 5.94. The Hall–Kier alpha value is -0.860. The zero-order valence-corrected chi connectivity index (χ0v) is 10.6. The topological polar surface area (TPSA) is 18.5 Å². The van der Waals surface area contributed by atoms with Crippen molar-refractivity contribution in [2.75, 3.05) is 6.61 Å². The van der Waals surface area contributed by atoms with Crippen LogP contribution in [-0.4, -0.2) is 18.8 Å². The van der Waals surface area contributed by atoms with Crippen molar-refractivity contribution < 1.29 is 9.47 Å². The number of benzene rings is 1. The van der Waals surface area contributed by atoms with Crippen LogP contribution in [0.25, 0.3) is 0 Å². The van der Waals surface area contributed by atoms with Crippen LogP contribution in [0.2, 0.25) is 0 Å². The average molecular weight is 234 g/mol. The summed E-state index contributed by atoms with van der Waals surface area (Å²) in [5, 5.41) is 0. The van der Waals surface area contributed by atoms with E-state index in [1.54, 1.807) is 0 Å². The first kappa shape index (κ1) is 12.6. The van der Waals surface area contributed by atoms with Gasteiger partial charge >= 0.3 is 0 Å². The molecule has 1 aliphatic carbocycles. The standard InChI is InChI=1S/C15H22O2/c1-2-16-14-8-10-15(11-9-14)17-12-13-6-4-3-5-7-13/h3-7,14-15H,2,8-12H2,1H3. The van der Waals surface area contributed by atoms with Gasteiger partial charge in [-0.15, -0.1) is 0 Å². The van der Waals surface area contributed by atoms with Crippen LogP contribution in [0.4, 0.5) is 0 Å². The lowest BCUT2D eigenvalue weighted by Crippen LogP contribution is -2.26. The molecule has 0 bridgehead atoms. The largest absolute Gasteiger partial charge is 0.379 e. The highest BCUT2D eigenvalue weighted by atomic mass is 16.5. The van der Waals surface area contributed by atoms with E-state index >= 15 is 0 Å². The van der Waals surface area contributed by atoms with E-state index in [0.717, 1.165) is 38.9 Å². The lowest BCUT2D eigenvalue weighted by Gasteiger charge is -2.28. The van der Waals surface area contributed by atoms with Gasteiger partial charge in [-0.25, -0.2) is 0 Å². The van der Waals surface area contributed by atoms with Crippen LogP contribution >= 0.6 is 0 Å². The Bertz CT molecular complexity index is 302. The number of hydrogen-bond acceptors (Lipinski definition) is 2. The molecule has 1 saturated carbocycles. The Morgan fingerprint density at radius 1 is 0.941 bits per heavy atom. The summed E-state index contributed by atoms with van der Waals surface area (Å²) in [5.41, 5.74) is 1.26. The highest BCUT2D eigenvalue weighted by Gasteiger charge is 2.21. The summed E-state index contributed by atoms with van der Waals surface area (Å²) in [7, 11) is 0. The van der Waals surface area contributed by atoms with Gasteiger partial charge in [-0.2, -0.15) is 0 Å². The Morgan fingerprint density at radius 3 is 2.12 bits per heavy atom. The molecule has 17 heavy (non-hydrogen) atoms. The second kappa shape index (κ2) is 6.77. The average Bonchev–Trinajstić information content (AvgIpc) is 2.40. The zero-order chi connectivity index (χ0) is 11.9. The van der Waals surface area contributed by atoms with Gasteiger partial charge in [-0.05, 0) is 38.2 Å². The van der Waals surface area contributed by atoms with Crippen molar-refractivity contribution in [2.45, 2.75) is 51.4 Å². The number of ether oxygens (including phenoxy) is 2. The molecule has 2 nitrogen and oxygen atoms in total. The molecule has 1 aliphatic rings. The summed E-state index contributed by atoms with van der Waals surface area (Å²) in [5.74, 6) is 0. The summed E-state index contributed by atoms with van der Waals surface area (Å²) < 4.78 is 11.6. The van der Waals surface area contributed by atoms with Gasteiger partial charge in [0.05, 0.1) is 18.8 Å². The van der Waals surface area contributed by atoms with Crippen LogP contribution in [0.5, 0.6) is 0 Å². The van der Waals surface area contributed by atoms with E-state index in [9.17, 15) is 0 Å². The Balaban J connectivity index is 1.68. The van der Waals surface area contributed by atoms with E-state index in [1.807, 2.05) is 6.07 Å². The molecule has 1 fully saturated rings. The number of hydrogen-bond donors (Lipinski definition) is 0. The van der Waals surface area contributed by atoms with Crippen molar-refractivity contribution in [3.05, 3.63) is 35.9 Å². The lowest BCUT2D eigenvalue weighted by atomic mass is 9.95. The molecule has 0 aliphatic heterocycles. The molecular formula is C15H22O2. The molecule has 1 aromatic carbocycles. The SMILES string of the molecule is CCOC1CCC(OCc2ccccc2)CC1. The quantitative estimate of drug-likeness (QED) is 0.775. The molecule has 94 valence electrons. The van der Waals surface area contributed by atoms with Crippen LogP contribution in [0.3, 0.4) is 0 Å². The van der Waals surface area contributed by atoms with Gasteiger partial charge in [0, 0.05) is 6.61 Å². The molecule has 0 spiro atoms. The predicted molar refractivity (Wildman–Crippen MR) is 68.9 cm³/mol. The third-order valence-electron chi connectivity index (χ3n) is 3.35. The predicted octanol–water partition coefficient (Wildman–Crippen LogP) is 3.55. The zero-order valence-electron chi connectivity index (χ0n) is 10.6. The molecular weight excluding hydrogens is 212 g/mol. The molecule has 0 amide bonds. The first-order chi connectivity index (χ1) is 8.38. The summed E-state index contributed by atoms with van der Waals surface area (Å²) >= 11 is 0. The minimum Gasteiger partial charge on any atom is -0.379 e. The second-order valence-electron chi connectivity index (χ2n) is 4.65. The summed E-state index contributed by atoms with van der Waals surface area (Å²) in [6, 6.07) is 10.4. The molecule has 0 unspecified atom stereocenters. The van der Waals surface area contributed by atoms with E-state index in [0.29, 0.717) is 12.2 Å². The molecule has 0 aromatic heterocycles. The normalized spacial score (nSPS) is 24.8. The minimum atomic E-state index is 0.423. The maximum Gasteiger partial charge on any atom is 0.0720 e. The van der Waals surface area contributed by atoms with Crippen LogP contribution in [0.15, 0.2) is 30.3 Å². The Labute approximate surface area is 104 Å². The molecule has 0 saturated heterocycles. The van der Waals surface area contributed by atoms with E-state index in [4.69, 9.17) is 9.47 Å². The van der Waals surface area contributed by atoms with Crippen LogP contribution in [-0.2, 0) is 16.1 Å². The van der Waals surface area contributed by atoms with Gasteiger partial charge in [-0.3, -0.25) is 0 Å². The minimum absolute atomic E-state index is 0.423. The van der Waals surface area contributed by atoms with E-state index in [2.05, 4.69) is 31.2 Å². The van der Waals surface area contributed by atoms with Crippen LogP contribution in [0, 0.1) is 0 Å². The van der Waals surface area contributed by atoms with Gasteiger partial charge < -0.3 is 9.47 Å². The fourth-order valence-electron chi connectivity index (χ4n) is 2.39. The second-order valence-corrected chi connectivity index (χ2v) is 4.65. The van der Waals surface area contributed by atoms with Gasteiger partial charge in [0.1, 0.15) is 0 Å². The lowest BCUT2D eigenvalue weighted by molar-refractivity contribution is -0.0339. The van der Waals surface area contributed by atoms with E-state index in [1.165, 1.54) is 5.56 Å². The van der Waals surface area contributed by atoms with Crippen LogP contribution < -0.4 is 0 Å². The van der Waals surface area contributed by atoms with Crippen LogP contribution in [0.1, 0.15) is 38.2 Å². The maximum absolute atomic E-state index is 5.94. The summed E-state index contributed by atoms with van der Waals surface area (Å²) in [4.78, 5) is 0. The van der Waals surface area contributed by atoms with Crippen molar-refractivity contribution in [3.8, 4) is 0 Å². The van der Waals surface area contributed by atoms with Gasteiger partial charge in [0.2, 0.25) is 0 Å². The molecule has 2 heteroatoms. The van der Waals surface area contributed by atoms with Crippen molar-refractivity contribution in [2.24, 2.45) is 0 Å². The molecule has 0 atom stereocenters.